The Bertz CT molecular complexity index is 895. The molecule has 0 aliphatic carbocycles. The van der Waals surface area contributed by atoms with Crippen molar-refractivity contribution in [1.29, 1.82) is 0 Å². The largest absolute Gasteiger partial charge is 0.480 e. The topological polar surface area (TPSA) is 49.7 Å². The standard InChI is InChI=1S/C22H17Br2NO2/c23-18-11-15(12-19(24)14-18)13-20(22(26)27)25-21(16-7-3-1-4-8-16)17-9-5-2-6-10-17/h1-12,14,20H,13H2,(H,26,27). The van der Waals surface area contributed by atoms with Crippen LogP contribution in [0.1, 0.15) is 16.7 Å². The first-order valence-electron chi connectivity index (χ1n) is 8.39. The molecule has 136 valence electrons. The van der Waals surface area contributed by atoms with Crippen LogP contribution in [0.15, 0.2) is 92.8 Å². The minimum atomic E-state index is -0.949. The lowest BCUT2D eigenvalue weighted by Crippen LogP contribution is -2.23. The molecule has 5 heteroatoms. The number of benzene rings is 3. The number of carboxylic acids is 1. The second kappa shape index (κ2) is 9.11. The second-order valence-corrected chi connectivity index (χ2v) is 7.88. The van der Waals surface area contributed by atoms with Crippen LogP contribution in [0, 0.1) is 0 Å². The van der Waals surface area contributed by atoms with Crippen LogP contribution in [0.3, 0.4) is 0 Å². The van der Waals surface area contributed by atoms with E-state index in [2.05, 4.69) is 36.9 Å². The Kier molecular flexibility index (Phi) is 6.58. The summed E-state index contributed by atoms with van der Waals surface area (Å²) in [5, 5.41) is 9.79. The van der Waals surface area contributed by atoms with E-state index in [1.165, 1.54) is 0 Å². The fourth-order valence-corrected chi connectivity index (χ4v) is 4.19. The van der Waals surface area contributed by atoms with Crippen LogP contribution in [0.25, 0.3) is 0 Å². The average Bonchev–Trinajstić information content (AvgIpc) is 2.65. The van der Waals surface area contributed by atoms with Crippen molar-refractivity contribution in [2.75, 3.05) is 0 Å². The molecule has 3 aromatic rings. The highest BCUT2D eigenvalue weighted by atomic mass is 79.9. The number of rotatable bonds is 6. The Hall–Kier alpha value is -2.24. The van der Waals surface area contributed by atoms with Gasteiger partial charge in [-0.2, -0.15) is 0 Å². The molecule has 1 atom stereocenters. The molecule has 0 heterocycles. The first kappa shape index (κ1) is 19.5. The highest BCUT2D eigenvalue weighted by Crippen LogP contribution is 2.22. The van der Waals surface area contributed by atoms with E-state index in [-0.39, 0.29) is 0 Å². The maximum absolute atomic E-state index is 11.9. The number of halogens is 2. The molecular weight excluding hydrogens is 470 g/mol. The number of nitrogens with zero attached hydrogens (tertiary/aromatic N) is 1. The number of aliphatic imine (C=N–C) groups is 1. The predicted molar refractivity (Wildman–Crippen MR) is 115 cm³/mol. The van der Waals surface area contributed by atoms with E-state index in [4.69, 9.17) is 0 Å². The number of aliphatic carboxylic acids is 1. The van der Waals surface area contributed by atoms with Gasteiger partial charge in [0.15, 0.2) is 6.04 Å². The van der Waals surface area contributed by atoms with Crippen molar-refractivity contribution in [1.82, 2.24) is 0 Å². The molecule has 0 bridgehead atoms. The van der Waals surface area contributed by atoms with E-state index in [9.17, 15) is 9.90 Å². The Morgan fingerprint density at radius 2 is 1.33 bits per heavy atom. The van der Waals surface area contributed by atoms with Crippen molar-refractivity contribution >= 4 is 43.5 Å². The predicted octanol–water partition coefficient (Wildman–Crippen LogP) is 5.74. The van der Waals surface area contributed by atoms with Gasteiger partial charge in [-0.05, 0) is 23.8 Å². The fourth-order valence-electron chi connectivity index (χ4n) is 2.80. The molecule has 0 amide bonds. The van der Waals surface area contributed by atoms with Crippen LogP contribution in [0.2, 0.25) is 0 Å². The minimum absolute atomic E-state index is 0.302. The zero-order chi connectivity index (χ0) is 19.2. The Balaban J connectivity index is 2.03. The molecule has 0 saturated carbocycles. The lowest BCUT2D eigenvalue weighted by atomic mass is 10.0. The van der Waals surface area contributed by atoms with E-state index in [0.29, 0.717) is 12.1 Å². The van der Waals surface area contributed by atoms with Crippen molar-refractivity contribution in [3.05, 3.63) is 104 Å². The van der Waals surface area contributed by atoms with E-state index >= 15 is 0 Å². The van der Waals surface area contributed by atoms with Gasteiger partial charge in [0.05, 0.1) is 5.71 Å². The van der Waals surface area contributed by atoms with E-state index in [1.807, 2.05) is 78.9 Å². The molecule has 0 spiro atoms. The third-order valence-corrected chi connectivity index (χ3v) is 4.93. The normalized spacial score (nSPS) is 11.6. The van der Waals surface area contributed by atoms with Crippen LogP contribution in [0.4, 0.5) is 0 Å². The van der Waals surface area contributed by atoms with Crippen LogP contribution in [0.5, 0.6) is 0 Å². The van der Waals surface area contributed by atoms with Crippen LogP contribution >= 0.6 is 31.9 Å². The monoisotopic (exact) mass is 485 g/mol. The van der Waals surface area contributed by atoms with Crippen LogP contribution in [-0.4, -0.2) is 22.8 Å². The van der Waals surface area contributed by atoms with Gasteiger partial charge in [0.25, 0.3) is 0 Å². The summed E-state index contributed by atoms with van der Waals surface area (Å²) in [5.74, 6) is -0.949. The molecule has 0 fully saturated rings. The summed E-state index contributed by atoms with van der Waals surface area (Å²) in [7, 11) is 0. The van der Waals surface area contributed by atoms with Crippen molar-refractivity contribution in [2.45, 2.75) is 12.5 Å². The van der Waals surface area contributed by atoms with Gasteiger partial charge in [0.2, 0.25) is 0 Å². The van der Waals surface area contributed by atoms with Gasteiger partial charge in [-0.25, -0.2) is 4.79 Å². The summed E-state index contributed by atoms with van der Waals surface area (Å²) in [5.41, 5.74) is 3.36. The molecule has 0 aliphatic rings. The molecule has 0 saturated heterocycles. The zero-order valence-electron chi connectivity index (χ0n) is 14.3. The Morgan fingerprint density at radius 1 is 0.852 bits per heavy atom. The van der Waals surface area contributed by atoms with Crippen molar-refractivity contribution in [3.8, 4) is 0 Å². The molecule has 0 radical (unpaired) electrons. The summed E-state index contributed by atoms with van der Waals surface area (Å²) in [6, 6.07) is 24.2. The summed E-state index contributed by atoms with van der Waals surface area (Å²) in [6.07, 6.45) is 0.302. The molecule has 0 aromatic heterocycles. The number of hydrogen-bond acceptors (Lipinski definition) is 2. The minimum Gasteiger partial charge on any atom is -0.480 e. The molecule has 3 nitrogen and oxygen atoms in total. The Morgan fingerprint density at radius 3 is 1.78 bits per heavy atom. The number of hydrogen-bond donors (Lipinski definition) is 1. The zero-order valence-corrected chi connectivity index (χ0v) is 17.5. The van der Waals surface area contributed by atoms with Gasteiger partial charge < -0.3 is 5.11 Å². The van der Waals surface area contributed by atoms with E-state index < -0.39 is 12.0 Å². The van der Waals surface area contributed by atoms with Gasteiger partial charge in [0, 0.05) is 26.5 Å². The van der Waals surface area contributed by atoms with Crippen molar-refractivity contribution < 1.29 is 9.90 Å². The summed E-state index contributed by atoms with van der Waals surface area (Å²) >= 11 is 6.90. The first-order chi connectivity index (χ1) is 13.0. The molecular formula is C22H17Br2NO2. The second-order valence-electron chi connectivity index (χ2n) is 6.05. The SMILES string of the molecule is O=C(O)C(Cc1cc(Br)cc(Br)c1)N=C(c1ccccc1)c1ccccc1. The molecule has 1 unspecified atom stereocenters. The Labute approximate surface area is 175 Å². The number of carbonyl (C=O) groups is 1. The lowest BCUT2D eigenvalue weighted by molar-refractivity contribution is -0.138. The highest BCUT2D eigenvalue weighted by Gasteiger charge is 2.20. The molecule has 3 aromatic carbocycles. The first-order valence-corrected chi connectivity index (χ1v) is 9.98. The van der Waals surface area contributed by atoms with Gasteiger partial charge in [-0.15, -0.1) is 0 Å². The molecule has 1 N–H and O–H groups in total. The smallest absolute Gasteiger partial charge is 0.328 e. The van der Waals surface area contributed by atoms with Gasteiger partial charge in [-0.3, -0.25) is 4.99 Å². The highest BCUT2D eigenvalue weighted by molar-refractivity contribution is 9.11. The van der Waals surface area contributed by atoms with Crippen molar-refractivity contribution in [3.63, 3.8) is 0 Å². The van der Waals surface area contributed by atoms with E-state index in [1.54, 1.807) is 0 Å². The van der Waals surface area contributed by atoms with E-state index in [0.717, 1.165) is 25.6 Å². The fraction of sp³-hybridized carbons (Fsp3) is 0.0909. The third-order valence-electron chi connectivity index (χ3n) is 4.02. The van der Waals surface area contributed by atoms with Crippen LogP contribution in [-0.2, 0) is 11.2 Å². The quantitative estimate of drug-likeness (QED) is 0.451. The lowest BCUT2D eigenvalue weighted by Gasteiger charge is -2.13. The molecule has 3 rings (SSSR count). The van der Waals surface area contributed by atoms with Crippen molar-refractivity contribution in [2.24, 2.45) is 4.99 Å². The van der Waals surface area contributed by atoms with Crippen LogP contribution < -0.4 is 0 Å². The maximum atomic E-state index is 11.9. The maximum Gasteiger partial charge on any atom is 0.328 e. The van der Waals surface area contributed by atoms with Gasteiger partial charge in [-0.1, -0.05) is 92.5 Å². The summed E-state index contributed by atoms with van der Waals surface area (Å²) in [6.45, 7) is 0. The van der Waals surface area contributed by atoms with Gasteiger partial charge >= 0.3 is 5.97 Å². The molecule has 27 heavy (non-hydrogen) atoms. The third kappa shape index (κ3) is 5.37. The summed E-state index contributed by atoms with van der Waals surface area (Å²) in [4.78, 5) is 16.6. The molecule has 0 aliphatic heterocycles. The average molecular weight is 487 g/mol. The summed E-state index contributed by atoms with van der Waals surface area (Å²) < 4.78 is 1.79. The van der Waals surface area contributed by atoms with Gasteiger partial charge in [0.1, 0.15) is 0 Å². The number of carboxylic acid groups (broad SMARTS) is 1.